The number of nitrogens with zero attached hydrogens (tertiary/aromatic N) is 1. The summed E-state index contributed by atoms with van der Waals surface area (Å²) >= 11 is 6.09. The largest absolute Gasteiger partial charge is 0.397 e. The number of hydrogen-bond acceptors (Lipinski definition) is 3. The summed E-state index contributed by atoms with van der Waals surface area (Å²) in [5.41, 5.74) is 7.35. The predicted molar refractivity (Wildman–Crippen MR) is 76.0 cm³/mol. The van der Waals surface area contributed by atoms with Crippen LogP contribution in [0.15, 0.2) is 42.7 Å². The summed E-state index contributed by atoms with van der Waals surface area (Å²) in [6, 6.07) is 8.79. The van der Waals surface area contributed by atoms with E-state index in [9.17, 15) is 4.79 Å². The molecule has 1 heterocycles. The molecule has 98 valence electrons. The molecule has 1 aromatic carbocycles. The normalized spacial score (nSPS) is 11.9. The molecule has 0 aliphatic heterocycles. The maximum atomic E-state index is 12.1. The summed E-state index contributed by atoms with van der Waals surface area (Å²) in [6.07, 6.45) is 2.99. The summed E-state index contributed by atoms with van der Waals surface area (Å²) in [6.45, 7) is 1.87. The van der Waals surface area contributed by atoms with Gasteiger partial charge in [-0.3, -0.25) is 9.78 Å². The third-order valence-electron chi connectivity index (χ3n) is 2.82. The second-order valence-corrected chi connectivity index (χ2v) is 4.59. The molecule has 19 heavy (non-hydrogen) atoms. The lowest BCUT2D eigenvalue weighted by molar-refractivity contribution is 0.0940. The number of anilines is 1. The van der Waals surface area contributed by atoms with Crippen LogP contribution in [0.25, 0.3) is 0 Å². The van der Waals surface area contributed by atoms with Gasteiger partial charge in [-0.05, 0) is 24.6 Å². The number of amides is 1. The standard InChI is InChI=1S/C14H14ClN3O/c1-9(10-4-2-3-5-12(10)15)18-14(19)11-6-7-17-8-13(11)16/h2-9H,16H2,1H3,(H,18,19). The zero-order valence-corrected chi connectivity index (χ0v) is 11.2. The number of benzene rings is 1. The number of nitrogens with two attached hydrogens (primary N) is 1. The molecule has 1 aromatic heterocycles. The molecule has 0 saturated carbocycles. The van der Waals surface area contributed by atoms with Gasteiger partial charge in [-0.1, -0.05) is 29.8 Å². The Labute approximate surface area is 116 Å². The van der Waals surface area contributed by atoms with E-state index < -0.39 is 0 Å². The molecule has 0 fully saturated rings. The summed E-state index contributed by atoms with van der Waals surface area (Å²) in [5, 5.41) is 3.49. The van der Waals surface area contributed by atoms with Crippen LogP contribution >= 0.6 is 11.6 Å². The van der Waals surface area contributed by atoms with Crippen molar-refractivity contribution in [2.45, 2.75) is 13.0 Å². The van der Waals surface area contributed by atoms with E-state index >= 15 is 0 Å². The second kappa shape index (κ2) is 5.71. The lowest BCUT2D eigenvalue weighted by Gasteiger charge is -2.16. The van der Waals surface area contributed by atoms with Gasteiger partial charge in [-0.2, -0.15) is 0 Å². The van der Waals surface area contributed by atoms with E-state index in [1.807, 2.05) is 25.1 Å². The molecule has 0 saturated heterocycles. The fourth-order valence-corrected chi connectivity index (χ4v) is 2.09. The van der Waals surface area contributed by atoms with Crippen molar-refractivity contribution in [1.82, 2.24) is 10.3 Å². The number of carbonyl (C=O) groups is 1. The fourth-order valence-electron chi connectivity index (χ4n) is 1.79. The molecule has 0 aliphatic rings. The molecule has 0 radical (unpaired) electrons. The minimum Gasteiger partial charge on any atom is -0.397 e. The van der Waals surface area contributed by atoms with E-state index in [0.717, 1.165) is 5.56 Å². The number of rotatable bonds is 3. The molecule has 5 heteroatoms. The van der Waals surface area contributed by atoms with Gasteiger partial charge >= 0.3 is 0 Å². The van der Waals surface area contributed by atoms with Gasteiger partial charge in [0.2, 0.25) is 0 Å². The van der Waals surface area contributed by atoms with E-state index in [2.05, 4.69) is 10.3 Å². The molecule has 0 bridgehead atoms. The van der Waals surface area contributed by atoms with Crippen LogP contribution in [0.5, 0.6) is 0 Å². The third kappa shape index (κ3) is 3.03. The Morgan fingerprint density at radius 2 is 2.11 bits per heavy atom. The number of halogens is 1. The number of carbonyl (C=O) groups excluding carboxylic acids is 1. The maximum absolute atomic E-state index is 12.1. The van der Waals surface area contributed by atoms with Gasteiger partial charge in [-0.25, -0.2) is 0 Å². The van der Waals surface area contributed by atoms with Crippen molar-refractivity contribution in [3.63, 3.8) is 0 Å². The Morgan fingerprint density at radius 1 is 1.37 bits per heavy atom. The summed E-state index contributed by atoms with van der Waals surface area (Å²) in [7, 11) is 0. The van der Waals surface area contributed by atoms with Crippen molar-refractivity contribution in [2.24, 2.45) is 0 Å². The monoisotopic (exact) mass is 275 g/mol. The molecular formula is C14H14ClN3O. The van der Waals surface area contributed by atoms with Crippen molar-refractivity contribution in [1.29, 1.82) is 0 Å². The van der Waals surface area contributed by atoms with Crippen LogP contribution in [-0.2, 0) is 0 Å². The molecule has 4 nitrogen and oxygen atoms in total. The first-order chi connectivity index (χ1) is 9.09. The van der Waals surface area contributed by atoms with Crippen LogP contribution in [0, 0.1) is 0 Å². The molecule has 3 N–H and O–H groups in total. The third-order valence-corrected chi connectivity index (χ3v) is 3.16. The fraction of sp³-hybridized carbons (Fsp3) is 0.143. The van der Waals surface area contributed by atoms with Crippen LogP contribution in [0.3, 0.4) is 0 Å². The first-order valence-corrected chi connectivity index (χ1v) is 6.22. The summed E-state index contributed by atoms with van der Waals surface area (Å²) in [4.78, 5) is 16.0. The Hall–Kier alpha value is -2.07. The lowest BCUT2D eigenvalue weighted by atomic mass is 10.1. The Kier molecular flexibility index (Phi) is 4.02. The number of aromatic nitrogens is 1. The smallest absolute Gasteiger partial charge is 0.253 e. The van der Waals surface area contributed by atoms with Gasteiger partial charge in [-0.15, -0.1) is 0 Å². The van der Waals surface area contributed by atoms with Crippen LogP contribution in [0.1, 0.15) is 28.9 Å². The van der Waals surface area contributed by atoms with Crippen molar-refractivity contribution in [2.75, 3.05) is 5.73 Å². The van der Waals surface area contributed by atoms with Crippen LogP contribution in [-0.4, -0.2) is 10.9 Å². The number of nitrogen functional groups attached to an aromatic ring is 1. The number of pyridine rings is 1. The first kappa shape index (κ1) is 13.4. The number of hydrogen-bond donors (Lipinski definition) is 2. The second-order valence-electron chi connectivity index (χ2n) is 4.18. The van der Waals surface area contributed by atoms with Crippen LogP contribution in [0.2, 0.25) is 5.02 Å². The van der Waals surface area contributed by atoms with Crippen molar-refractivity contribution in [3.05, 3.63) is 58.9 Å². The zero-order chi connectivity index (χ0) is 13.8. The van der Waals surface area contributed by atoms with Crippen LogP contribution < -0.4 is 11.1 Å². The lowest BCUT2D eigenvalue weighted by Crippen LogP contribution is -2.27. The highest BCUT2D eigenvalue weighted by Crippen LogP contribution is 2.22. The van der Waals surface area contributed by atoms with Gasteiger partial charge in [0.15, 0.2) is 0 Å². The predicted octanol–water partition coefficient (Wildman–Crippen LogP) is 2.81. The highest BCUT2D eigenvalue weighted by Gasteiger charge is 2.15. The van der Waals surface area contributed by atoms with E-state index in [0.29, 0.717) is 16.3 Å². The van der Waals surface area contributed by atoms with Crippen LogP contribution in [0.4, 0.5) is 5.69 Å². The van der Waals surface area contributed by atoms with Crippen molar-refractivity contribution >= 4 is 23.2 Å². The summed E-state index contributed by atoms with van der Waals surface area (Å²) < 4.78 is 0. The quantitative estimate of drug-likeness (QED) is 0.905. The average molecular weight is 276 g/mol. The molecule has 0 spiro atoms. The molecule has 2 aromatic rings. The highest BCUT2D eigenvalue weighted by molar-refractivity contribution is 6.31. The zero-order valence-electron chi connectivity index (χ0n) is 10.4. The van der Waals surface area contributed by atoms with Gasteiger partial charge in [0.25, 0.3) is 5.91 Å². The molecule has 2 rings (SSSR count). The summed E-state index contributed by atoms with van der Waals surface area (Å²) in [5.74, 6) is -0.243. The van der Waals surface area contributed by atoms with Gasteiger partial charge in [0.05, 0.1) is 23.5 Å². The minimum absolute atomic E-state index is 0.200. The Balaban J connectivity index is 2.16. The minimum atomic E-state index is -0.243. The molecule has 1 atom stereocenters. The van der Waals surface area contributed by atoms with E-state index in [4.69, 9.17) is 17.3 Å². The van der Waals surface area contributed by atoms with Crippen molar-refractivity contribution in [3.8, 4) is 0 Å². The Morgan fingerprint density at radius 3 is 2.79 bits per heavy atom. The van der Waals surface area contributed by atoms with Crippen molar-refractivity contribution < 1.29 is 4.79 Å². The van der Waals surface area contributed by atoms with Gasteiger partial charge < -0.3 is 11.1 Å². The Bertz CT molecular complexity index is 601. The molecule has 0 aliphatic carbocycles. The van der Waals surface area contributed by atoms with Gasteiger partial charge in [0.1, 0.15) is 0 Å². The molecule has 1 amide bonds. The average Bonchev–Trinajstić information content (AvgIpc) is 2.39. The van der Waals surface area contributed by atoms with E-state index in [1.54, 1.807) is 12.1 Å². The molecule has 1 unspecified atom stereocenters. The topological polar surface area (TPSA) is 68.0 Å². The SMILES string of the molecule is CC(NC(=O)c1ccncc1N)c1ccccc1Cl. The van der Waals surface area contributed by atoms with Gasteiger partial charge in [0, 0.05) is 11.2 Å². The molecular weight excluding hydrogens is 262 g/mol. The van der Waals surface area contributed by atoms with E-state index in [1.165, 1.54) is 12.4 Å². The van der Waals surface area contributed by atoms with E-state index in [-0.39, 0.29) is 11.9 Å². The maximum Gasteiger partial charge on any atom is 0.253 e. The highest BCUT2D eigenvalue weighted by atomic mass is 35.5. The number of nitrogens with one attached hydrogen (secondary N) is 1. The first-order valence-electron chi connectivity index (χ1n) is 5.84.